The zero-order valence-corrected chi connectivity index (χ0v) is 13.4. The zero-order chi connectivity index (χ0) is 15.8. The molecule has 1 heterocycles. The fraction of sp³-hybridized carbons (Fsp3) is 0.467. The van der Waals surface area contributed by atoms with Crippen LogP contribution in [0.1, 0.15) is 30.6 Å². The molecular weight excluding hydrogens is 313 g/mol. The third kappa shape index (κ3) is 2.87. The fourth-order valence-corrected chi connectivity index (χ4v) is 3.10. The SMILES string of the molecule is CC(C)C1(C(=O)O)CCN(C(=O)c2cc(Cl)ccc2Cl)C1. The van der Waals surface area contributed by atoms with Crippen molar-refractivity contribution in [2.75, 3.05) is 13.1 Å². The lowest BCUT2D eigenvalue weighted by Gasteiger charge is -2.28. The van der Waals surface area contributed by atoms with Crippen LogP contribution >= 0.6 is 23.2 Å². The lowest BCUT2D eigenvalue weighted by Crippen LogP contribution is -2.40. The van der Waals surface area contributed by atoms with E-state index in [0.717, 1.165) is 0 Å². The molecule has 1 N–H and O–H groups in total. The zero-order valence-electron chi connectivity index (χ0n) is 11.9. The molecule has 1 saturated heterocycles. The first kappa shape index (κ1) is 16.1. The fourth-order valence-electron chi connectivity index (χ4n) is 2.73. The van der Waals surface area contributed by atoms with Crippen LogP contribution in [0.3, 0.4) is 0 Å². The molecule has 1 aliphatic heterocycles. The highest BCUT2D eigenvalue weighted by Crippen LogP contribution is 2.39. The second-order valence-electron chi connectivity index (χ2n) is 5.72. The standard InChI is InChI=1S/C15H17Cl2NO3/c1-9(2)15(14(20)21)5-6-18(8-15)13(19)11-7-10(16)3-4-12(11)17/h3-4,7,9H,5-6,8H2,1-2H3,(H,20,21). The normalized spacial score (nSPS) is 21.9. The van der Waals surface area contributed by atoms with Gasteiger partial charge in [-0.05, 0) is 30.5 Å². The third-order valence-corrected chi connectivity index (χ3v) is 4.84. The summed E-state index contributed by atoms with van der Waals surface area (Å²) in [6.45, 7) is 4.34. The van der Waals surface area contributed by atoms with Crippen LogP contribution in [-0.4, -0.2) is 35.0 Å². The van der Waals surface area contributed by atoms with E-state index in [1.807, 2.05) is 13.8 Å². The number of likely N-dealkylation sites (tertiary alicyclic amines) is 1. The van der Waals surface area contributed by atoms with Gasteiger partial charge in [0.05, 0.1) is 16.0 Å². The average molecular weight is 330 g/mol. The Labute approximate surface area is 133 Å². The minimum absolute atomic E-state index is 0.0531. The summed E-state index contributed by atoms with van der Waals surface area (Å²) < 4.78 is 0. The minimum Gasteiger partial charge on any atom is -0.481 e. The van der Waals surface area contributed by atoms with E-state index in [1.54, 1.807) is 17.0 Å². The number of amides is 1. The smallest absolute Gasteiger partial charge is 0.311 e. The van der Waals surface area contributed by atoms with Gasteiger partial charge < -0.3 is 10.0 Å². The van der Waals surface area contributed by atoms with Gasteiger partial charge in [0, 0.05) is 18.1 Å². The summed E-state index contributed by atoms with van der Waals surface area (Å²) in [7, 11) is 0. The Hall–Kier alpha value is -1.26. The van der Waals surface area contributed by atoms with Crippen LogP contribution in [0.15, 0.2) is 18.2 Å². The molecule has 1 aromatic carbocycles. The van der Waals surface area contributed by atoms with Gasteiger partial charge in [-0.25, -0.2) is 0 Å². The maximum atomic E-state index is 12.5. The molecule has 0 aliphatic carbocycles. The lowest BCUT2D eigenvalue weighted by atomic mass is 9.76. The average Bonchev–Trinajstić information content (AvgIpc) is 2.87. The molecular formula is C15H17Cl2NO3. The Morgan fingerprint density at radius 2 is 2.00 bits per heavy atom. The van der Waals surface area contributed by atoms with Gasteiger partial charge in [-0.1, -0.05) is 37.0 Å². The molecule has 6 heteroatoms. The van der Waals surface area contributed by atoms with E-state index in [0.29, 0.717) is 28.6 Å². The summed E-state index contributed by atoms with van der Waals surface area (Å²) in [6, 6.07) is 4.70. The lowest BCUT2D eigenvalue weighted by molar-refractivity contribution is -0.150. The summed E-state index contributed by atoms with van der Waals surface area (Å²) in [5.74, 6) is -1.18. The van der Waals surface area contributed by atoms with Crippen molar-refractivity contribution < 1.29 is 14.7 Å². The van der Waals surface area contributed by atoms with Crippen molar-refractivity contribution in [3.63, 3.8) is 0 Å². The van der Waals surface area contributed by atoms with Gasteiger partial charge in [0.1, 0.15) is 0 Å². The first-order valence-electron chi connectivity index (χ1n) is 6.75. The van der Waals surface area contributed by atoms with Crippen LogP contribution in [0.4, 0.5) is 0 Å². The van der Waals surface area contributed by atoms with Crippen LogP contribution in [0.5, 0.6) is 0 Å². The van der Waals surface area contributed by atoms with Gasteiger partial charge in [-0.3, -0.25) is 9.59 Å². The summed E-state index contributed by atoms with van der Waals surface area (Å²) in [6.07, 6.45) is 0.448. The molecule has 1 aliphatic rings. The maximum Gasteiger partial charge on any atom is 0.311 e. The van der Waals surface area contributed by atoms with E-state index in [9.17, 15) is 14.7 Å². The highest BCUT2D eigenvalue weighted by atomic mass is 35.5. The van der Waals surface area contributed by atoms with Crippen molar-refractivity contribution >= 4 is 35.1 Å². The Balaban J connectivity index is 2.27. The quantitative estimate of drug-likeness (QED) is 0.922. The van der Waals surface area contributed by atoms with Gasteiger partial charge in [0.2, 0.25) is 0 Å². The highest BCUT2D eigenvalue weighted by Gasteiger charge is 2.48. The molecule has 2 rings (SSSR count). The van der Waals surface area contributed by atoms with E-state index in [1.165, 1.54) is 6.07 Å². The van der Waals surface area contributed by atoms with E-state index < -0.39 is 11.4 Å². The van der Waals surface area contributed by atoms with Gasteiger partial charge >= 0.3 is 5.97 Å². The molecule has 1 unspecified atom stereocenters. The Bertz CT molecular complexity index is 588. The Morgan fingerprint density at radius 3 is 2.52 bits per heavy atom. The summed E-state index contributed by atoms with van der Waals surface area (Å²) >= 11 is 11.9. The summed E-state index contributed by atoms with van der Waals surface area (Å²) in [5, 5.41) is 10.3. The van der Waals surface area contributed by atoms with Crippen molar-refractivity contribution in [3.8, 4) is 0 Å². The van der Waals surface area contributed by atoms with E-state index in [4.69, 9.17) is 23.2 Å². The molecule has 0 spiro atoms. The monoisotopic (exact) mass is 329 g/mol. The Morgan fingerprint density at radius 1 is 1.33 bits per heavy atom. The molecule has 1 fully saturated rings. The molecule has 4 nitrogen and oxygen atoms in total. The van der Waals surface area contributed by atoms with Crippen LogP contribution < -0.4 is 0 Å². The van der Waals surface area contributed by atoms with Crippen LogP contribution in [0.25, 0.3) is 0 Å². The van der Waals surface area contributed by atoms with Crippen molar-refractivity contribution in [3.05, 3.63) is 33.8 Å². The van der Waals surface area contributed by atoms with Gasteiger partial charge in [0.15, 0.2) is 0 Å². The number of aliphatic carboxylic acids is 1. The molecule has 0 bridgehead atoms. The predicted molar refractivity (Wildman–Crippen MR) is 81.9 cm³/mol. The second-order valence-corrected chi connectivity index (χ2v) is 6.56. The molecule has 1 aromatic rings. The molecule has 0 saturated carbocycles. The third-order valence-electron chi connectivity index (χ3n) is 4.28. The van der Waals surface area contributed by atoms with E-state index >= 15 is 0 Å². The van der Waals surface area contributed by atoms with Gasteiger partial charge in [-0.15, -0.1) is 0 Å². The van der Waals surface area contributed by atoms with Crippen molar-refractivity contribution in [2.24, 2.45) is 11.3 Å². The molecule has 1 amide bonds. The van der Waals surface area contributed by atoms with E-state index in [2.05, 4.69) is 0 Å². The number of rotatable bonds is 3. The largest absolute Gasteiger partial charge is 0.481 e. The van der Waals surface area contributed by atoms with Crippen LogP contribution in [0.2, 0.25) is 10.0 Å². The number of carboxylic acid groups (broad SMARTS) is 1. The molecule has 0 radical (unpaired) electrons. The summed E-state index contributed by atoms with van der Waals surface area (Å²) in [5.41, 5.74) is -0.574. The molecule has 0 aromatic heterocycles. The number of carbonyl (C=O) groups excluding carboxylic acids is 1. The molecule has 1 atom stereocenters. The number of carbonyl (C=O) groups is 2. The van der Waals surface area contributed by atoms with Gasteiger partial charge in [0.25, 0.3) is 5.91 Å². The minimum atomic E-state index is -0.888. The number of halogens is 2. The van der Waals surface area contributed by atoms with Crippen LogP contribution in [-0.2, 0) is 4.79 Å². The molecule has 21 heavy (non-hydrogen) atoms. The number of nitrogens with zero attached hydrogens (tertiary/aromatic N) is 1. The molecule has 114 valence electrons. The number of hydrogen-bond acceptors (Lipinski definition) is 2. The van der Waals surface area contributed by atoms with Gasteiger partial charge in [-0.2, -0.15) is 0 Å². The predicted octanol–water partition coefficient (Wildman–Crippen LogP) is 3.57. The number of hydrogen-bond donors (Lipinski definition) is 1. The first-order chi connectivity index (χ1) is 9.78. The van der Waals surface area contributed by atoms with Crippen molar-refractivity contribution in [2.45, 2.75) is 20.3 Å². The summed E-state index contributed by atoms with van der Waals surface area (Å²) in [4.78, 5) is 25.7. The first-order valence-corrected chi connectivity index (χ1v) is 7.51. The maximum absolute atomic E-state index is 12.5. The second kappa shape index (κ2) is 5.85. The Kier molecular flexibility index (Phi) is 4.49. The topological polar surface area (TPSA) is 57.6 Å². The van der Waals surface area contributed by atoms with Crippen LogP contribution in [0, 0.1) is 11.3 Å². The van der Waals surface area contributed by atoms with E-state index in [-0.39, 0.29) is 18.4 Å². The number of benzene rings is 1. The van der Waals surface area contributed by atoms with Crippen molar-refractivity contribution in [1.82, 2.24) is 4.90 Å². The highest BCUT2D eigenvalue weighted by molar-refractivity contribution is 6.35. The van der Waals surface area contributed by atoms with Crippen molar-refractivity contribution in [1.29, 1.82) is 0 Å². The number of carboxylic acids is 1.